The van der Waals surface area contributed by atoms with Crippen LogP contribution < -0.4 is 5.32 Å². The number of rotatable bonds is 3. The minimum Gasteiger partial charge on any atom is -0.340 e. The molecule has 5 nitrogen and oxygen atoms in total. The van der Waals surface area contributed by atoms with E-state index in [0.717, 1.165) is 31.4 Å². The minimum atomic E-state index is -0.293. The number of hydrogen-bond donors (Lipinski definition) is 1. The van der Waals surface area contributed by atoms with Gasteiger partial charge in [0.15, 0.2) is 0 Å². The molecule has 3 rings (SSSR count). The lowest BCUT2D eigenvalue weighted by Gasteiger charge is -2.48. The zero-order valence-corrected chi connectivity index (χ0v) is 15.6. The van der Waals surface area contributed by atoms with Crippen LogP contribution in [-0.2, 0) is 11.3 Å². The van der Waals surface area contributed by atoms with E-state index in [-0.39, 0.29) is 29.2 Å². The van der Waals surface area contributed by atoms with Crippen LogP contribution in [0.2, 0.25) is 0 Å². The summed E-state index contributed by atoms with van der Waals surface area (Å²) in [7, 11) is 0. The molecule has 0 bridgehead atoms. The second kappa shape index (κ2) is 7.64. The van der Waals surface area contributed by atoms with Crippen molar-refractivity contribution in [3.05, 3.63) is 35.6 Å². The van der Waals surface area contributed by atoms with Crippen LogP contribution in [0.3, 0.4) is 0 Å². The van der Waals surface area contributed by atoms with E-state index in [1.807, 2.05) is 9.80 Å². The monoisotopic (exact) mass is 361 g/mol. The first kappa shape index (κ1) is 18.7. The number of carbonyl (C=O) groups is 2. The van der Waals surface area contributed by atoms with Crippen LogP contribution in [0.4, 0.5) is 9.18 Å². The smallest absolute Gasteiger partial charge is 0.317 e. The van der Waals surface area contributed by atoms with Gasteiger partial charge in [-0.25, -0.2) is 9.18 Å². The molecular formula is C20H28FN3O2. The Balaban J connectivity index is 1.51. The lowest BCUT2D eigenvalue weighted by molar-refractivity contribution is -0.141. The molecule has 2 aliphatic rings. The zero-order valence-electron chi connectivity index (χ0n) is 15.6. The van der Waals surface area contributed by atoms with E-state index in [0.29, 0.717) is 26.1 Å². The molecule has 0 aromatic heterocycles. The van der Waals surface area contributed by atoms with Crippen molar-refractivity contribution in [2.24, 2.45) is 5.41 Å². The molecule has 2 fully saturated rings. The third-order valence-corrected chi connectivity index (χ3v) is 5.76. The second-order valence-electron chi connectivity index (χ2n) is 7.89. The minimum absolute atomic E-state index is 0.100. The van der Waals surface area contributed by atoms with Crippen molar-refractivity contribution < 1.29 is 14.0 Å². The summed E-state index contributed by atoms with van der Waals surface area (Å²) in [6.07, 6.45) is 3.39. The van der Waals surface area contributed by atoms with Gasteiger partial charge in [0.25, 0.3) is 0 Å². The molecule has 3 amide bonds. The van der Waals surface area contributed by atoms with Crippen LogP contribution in [0.15, 0.2) is 24.3 Å². The predicted molar refractivity (Wildman–Crippen MR) is 98.0 cm³/mol. The fourth-order valence-corrected chi connectivity index (χ4v) is 4.04. The molecule has 0 unspecified atom stereocenters. The van der Waals surface area contributed by atoms with Gasteiger partial charge in [-0.2, -0.15) is 0 Å². The average Bonchev–Trinajstić information content (AvgIpc) is 2.62. The number of halogens is 1. The Labute approximate surface area is 154 Å². The predicted octanol–water partition coefficient (Wildman–Crippen LogP) is 3.15. The molecule has 26 heavy (non-hydrogen) atoms. The van der Waals surface area contributed by atoms with Gasteiger partial charge in [0.05, 0.1) is 0 Å². The van der Waals surface area contributed by atoms with E-state index >= 15 is 0 Å². The summed E-state index contributed by atoms with van der Waals surface area (Å²) < 4.78 is 13.2. The van der Waals surface area contributed by atoms with Gasteiger partial charge in [-0.05, 0) is 56.2 Å². The van der Waals surface area contributed by atoms with Gasteiger partial charge in [0, 0.05) is 38.6 Å². The van der Waals surface area contributed by atoms with Gasteiger partial charge in [0.2, 0.25) is 5.91 Å². The summed E-state index contributed by atoms with van der Waals surface area (Å²) in [4.78, 5) is 28.3. The van der Waals surface area contributed by atoms with Gasteiger partial charge < -0.3 is 15.1 Å². The van der Waals surface area contributed by atoms with Gasteiger partial charge in [-0.1, -0.05) is 12.1 Å². The van der Waals surface area contributed by atoms with Crippen molar-refractivity contribution in [1.82, 2.24) is 15.1 Å². The molecular weight excluding hydrogens is 333 g/mol. The molecule has 1 N–H and O–H groups in total. The van der Waals surface area contributed by atoms with E-state index in [2.05, 4.69) is 19.2 Å². The van der Waals surface area contributed by atoms with Gasteiger partial charge in [-0.3, -0.25) is 4.79 Å². The number of urea groups is 1. The Bertz CT molecular complexity index is 669. The number of nitrogens with one attached hydrogen (secondary N) is 1. The van der Waals surface area contributed by atoms with Crippen LogP contribution in [0.5, 0.6) is 0 Å². The highest BCUT2D eigenvalue weighted by Crippen LogP contribution is 2.40. The van der Waals surface area contributed by atoms with Crippen LogP contribution in [0, 0.1) is 11.2 Å². The Hall–Kier alpha value is -2.11. The van der Waals surface area contributed by atoms with E-state index < -0.39 is 0 Å². The highest BCUT2D eigenvalue weighted by Gasteiger charge is 2.42. The summed E-state index contributed by atoms with van der Waals surface area (Å²) in [5.41, 5.74) is 0.905. The fraction of sp³-hybridized carbons (Fsp3) is 0.600. The quantitative estimate of drug-likeness (QED) is 0.899. The number of hydrogen-bond acceptors (Lipinski definition) is 2. The molecule has 2 aliphatic heterocycles. The van der Waals surface area contributed by atoms with Crippen molar-refractivity contribution in [1.29, 1.82) is 0 Å². The SMILES string of the molecule is CC(C)N1CC2(CCC1=O)CCN(C(=O)NCc1cccc(F)c1)CC2. The number of piperidine rings is 2. The first-order chi connectivity index (χ1) is 12.4. The summed E-state index contributed by atoms with van der Waals surface area (Å²) >= 11 is 0. The molecule has 0 atom stereocenters. The van der Waals surface area contributed by atoms with Crippen molar-refractivity contribution in [3.8, 4) is 0 Å². The Kier molecular flexibility index (Phi) is 5.49. The molecule has 142 valence electrons. The fourth-order valence-electron chi connectivity index (χ4n) is 4.04. The van der Waals surface area contributed by atoms with Crippen LogP contribution >= 0.6 is 0 Å². The van der Waals surface area contributed by atoms with E-state index in [1.54, 1.807) is 12.1 Å². The third kappa shape index (κ3) is 4.17. The number of nitrogens with zero attached hydrogens (tertiary/aromatic N) is 2. The maximum absolute atomic E-state index is 13.2. The van der Waals surface area contributed by atoms with Crippen LogP contribution in [-0.4, -0.2) is 47.4 Å². The zero-order chi connectivity index (χ0) is 18.7. The molecule has 0 aliphatic carbocycles. The molecule has 1 aromatic rings. The number of carbonyl (C=O) groups excluding carboxylic acids is 2. The summed E-state index contributed by atoms with van der Waals surface area (Å²) in [6.45, 7) is 6.66. The first-order valence-corrected chi connectivity index (χ1v) is 9.45. The molecule has 2 heterocycles. The van der Waals surface area contributed by atoms with Gasteiger partial charge in [0.1, 0.15) is 5.82 Å². The number of benzene rings is 1. The van der Waals surface area contributed by atoms with E-state index in [4.69, 9.17) is 0 Å². The summed E-state index contributed by atoms with van der Waals surface area (Å²) in [6, 6.07) is 6.40. The third-order valence-electron chi connectivity index (χ3n) is 5.76. The van der Waals surface area contributed by atoms with Gasteiger partial charge in [-0.15, -0.1) is 0 Å². The highest BCUT2D eigenvalue weighted by atomic mass is 19.1. The van der Waals surface area contributed by atoms with E-state index in [1.165, 1.54) is 12.1 Å². The normalized spacial score (nSPS) is 19.9. The van der Waals surface area contributed by atoms with Crippen LogP contribution in [0.1, 0.15) is 45.1 Å². The molecule has 1 aromatic carbocycles. The Morgan fingerprint density at radius 3 is 2.65 bits per heavy atom. The molecule has 0 radical (unpaired) electrons. The Morgan fingerprint density at radius 2 is 2.00 bits per heavy atom. The molecule has 6 heteroatoms. The van der Waals surface area contributed by atoms with Crippen molar-refractivity contribution in [2.45, 2.75) is 52.1 Å². The maximum Gasteiger partial charge on any atom is 0.317 e. The number of likely N-dealkylation sites (tertiary alicyclic amines) is 2. The van der Waals surface area contributed by atoms with E-state index in [9.17, 15) is 14.0 Å². The van der Waals surface area contributed by atoms with Crippen molar-refractivity contribution >= 4 is 11.9 Å². The lowest BCUT2D eigenvalue weighted by Crippen LogP contribution is -2.55. The molecule has 0 saturated carbocycles. The highest BCUT2D eigenvalue weighted by molar-refractivity contribution is 5.77. The largest absolute Gasteiger partial charge is 0.340 e. The Morgan fingerprint density at radius 1 is 1.27 bits per heavy atom. The summed E-state index contributed by atoms with van der Waals surface area (Å²) in [5, 5.41) is 2.88. The molecule has 2 saturated heterocycles. The second-order valence-corrected chi connectivity index (χ2v) is 7.89. The van der Waals surface area contributed by atoms with Crippen molar-refractivity contribution in [2.75, 3.05) is 19.6 Å². The topological polar surface area (TPSA) is 52.7 Å². The van der Waals surface area contributed by atoms with Crippen molar-refractivity contribution in [3.63, 3.8) is 0 Å². The molecule has 1 spiro atoms. The first-order valence-electron chi connectivity index (χ1n) is 9.45. The van der Waals surface area contributed by atoms with Gasteiger partial charge >= 0.3 is 6.03 Å². The standard InChI is InChI=1S/C20H28FN3O2/c1-15(2)24-14-20(7-6-18(24)25)8-10-23(11-9-20)19(26)22-13-16-4-3-5-17(21)12-16/h3-5,12,15H,6-11,13-14H2,1-2H3,(H,22,26). The summed E-state index contributed by atoms with van der Waals surface area (Å²) in [5.74, 6) is -0.0425. The lowest BCUT2D eigenvalue weighted by atomic mass is 9.72. The maximum atomic E-state index is 13.2. The van der Waals surface area contributed by atoms with Crippen LogP contribution in [0.25, 0.3) is 0 Å². The number of amides is 3. The average molecular weight is 361 g/mol.